The van der Waals surface area contributed by atoms with Crippen LogP contribution in [0, 0.1) is 5.92 Å². The standard InChI is InChI=1S/C18H21F3N2O4S/c19-18(20,21)27-15-6-8-16(9-7-15)28(25,26)23-12-10-22(11-13-23)17(24)14-4-2-1-3-5-14/h1-2,6-9,14H,3-5,10-13H2. The molecule has 0 N–H and O–H groups in total. The summed E-state index contributed by atoms with van der Waals surface area (Å²) in [7, 11) is -3.85. The molecule has 0 spiro atoms. The number of carbonyl (C=O) groups is 1. The SMILES string of the molecule is O=C(C1CC=CCC1)N1CCN(S(=O)(=O)c2ccc(OC(F)(F)F)cc2)CC1. The number of halogens is 3. The molecule has 2 aliphatic rings. The summed E-state index contributed by atoms with van der Waals surface area (Å²) in [6.07, 6.45) is 1.61. The summed E-state index contributed by atoms with van der Waals surface area (Å²) in [6.45, 7) is 0.899. The number of allylic oxidation sites excluding steroid dienone is 2. The molecule has 1 amide bonds. The third kappa shape index (κ3) is 4.85. The highest BCUT2D eigenvalue weighted by molar-refractivity contribution is 7.89. The van der Waals surface area contributed by atoms with Crippen LogP contribution in [0.4, 0.5) is 13.2 Å². The second-order valence-electron chi connectivity index (χ2n) is 6.73. The Kier molecular flexibility index (Phi) is 5.99. The number of ether oxygens (including phenoxy) is 1. The van der Waals surface area contributed by atoms with Gasteiger partial charge in [0.05, 0.1) is 4.90 Å². The van der Waals surface area contributed by atoms with Gasteiger partial charge in [-0.1, -0.05) is 12.2 Å². The van der Waals surface area contributed by atoms with Gasteiger partial charge < -0.3 is 9.64 Å². The lowest BCUT2D eigenvalue weighted by molar-refractivity contribution is -0.274. The van der Waals surface area contributed by atoms with Crippen LogP contribution < -0.4 is 4.74 Å². The highest BCUT2D eigenvalue weighted by Crippen LogP contribution is 2.26. The van der Waals surface area contributed by atoms with E-state index >= 15 is 0 Å². The number of alkyl halides is 3. The number of hydrogen-bond acceptors (Lipinski definition) is 4. The summed E-state index contributed by atoms with van der Waals surface area (Å²) in [5.41, 5.74) is 0. The maximum Gasteiger partial charge on any atom is 0.573 e. The molecule has 1 aliphatic heterocycles. The van der Waals surface area contributed by atoms with Gasteiger partial charge in [0, 0.05) is 32.1 Å². The first-order chi connectivity index (χ1) is 13.2. The molecule has 1 unspecified atom stereocenters. The molecule has 1 saturated heterocycles. The number of nitrogens with zero attached hydrogens (tertiary/aromatic N) is 2. The van der Waals surface area contributed by atoms with Gasteiger partial charge in [0.2, 0.25) is 15.9 Å². The number of carbonyl (C=O) groups excluding carboxylic acids is 1. The minimum atomic E-state index is -4.84. The Bertz CT molecular complexity index is 829. The first-order valence-electron chi connectivity index (χ1n) is 8.96. The number of sulfonamides is 1. The Morgan fingerprint density at radius 2 is 1.68 bits per heavy atom. The molecule has 0 radical (unpaired) electrons. The molecule has 0 bridgehead atoms. The molecule has 0 saturated carbocycles. The summed E-state index contributed by atoms with van der Waals surface area (Å²) in [6, 6.07) is 4.11. The first kappa shape index (κ1) is 20.7. The molecule has 1 heterocycles. The lowest BCUT2D eigenvalue weighted by Gasteiger charge is -2.36. The predicted octanol–water partition coefficient (Wildman–Crippen LogP) is 2.77. The fraction of sp³-hybridized carbons (Fsp3) is 0.500. The second kappa shape index (κ2) is 8.12. The maximum atomic E-state index is 12.7. The zero-order valence-corrected chi connectivity index (χ0v) is 15.9. The van der Waals surface area contributed by atoms with Crippen LogP contribution in [-0.4, -0.2) is 56.1 Å². The highest BCUT2D eigenvalue weighted by Gasteiger charge is 2.33. The lowest BCUT2D eigenvalue weighted by atomic mass is 9.93. The van der Waals surface area contributed by atoms with Gasteiger partial charge in [-0.25, -0.2) is 8.42 Å². The molecule has 154 valence electrons. The van der Waals surface area contributed by atoms with Crippen LogP contribution in [0.5, 0.6) is 5.75 Å². The van der Waals surface area contributed by atoms with Crippen molar-refractivity contribution in [1.82, 2.24) is 9.21 Å². The van der Waals surface area contributed by atoms with Crippen molar-refractivity contribution < 1.29 is 31.1 Å². The number of piperazine rings is 1. The van der Waals surface area contributed by atoms with E-state index in [0.29, 0.717) is 19.5 Å². The zero-order chi connectivity index (χ0) is 20.4. The average molecular weight is 418 g/mol. The van der Waals surface area contributed by atoms with E-state index in [1.54, 1.807) is 4.90 Å². The predicted molar refractivity (Wildman–Crippen MR) is 94.9 cm³/mol. The molecule has 1 atom stereocenters. The number of hydrogen-bond donors (Lipinski definition) is 0. The normalized spacial score (nSPS) is 21.5. The minimum absolute atomic E-state index is 0.0469. The van der Waals surface area contributed by atoms with E-state index in [-0.39, 0.29) is 29.8 Å². The van der Waals surface area contributed by atoms with Crippen molar-refractivity contribution in [3.63, 3.8) is 0 Å². The Hall–Kier alpha value is -2.07. The van der Waals surface area contributed by atoms with E-state index in [2.05, 4.69) is 10.8 Å². The molecule has 3 rings (SSSR count). The third-order valence-electron chi connectivity index (χ3n) is 4.86. The van der Waals surface area contributed by atoms with Gasteiger partial charge in [-0.15, -0.1) is 13.2 Å². The fourth-order valence-electron chi connectivity index (χ4n) is 3.39. The summed E-state index contributed by atoms with van der Waals surface area (Å²) in [5, 5.41) is 0. The van der Waals surface area contributed by atoms with Crippen LogP contribution in [-0.2, 0) is 14.8 Å². The van der Waals surface area contributed by atoms with E-state index in [4.69, 9.17) is 0 Å². The van der Waals surface area contributed by atoms with Gasteiger partial charge in [0.15, 0.2) is 0 Å². The van der Waals surface area contributed by atoms with E-state index in [0.717, 1.165) is 37.1 Å². The van der Waals surface area contributed by atoms with Crippen molar-refractivity contribution in [2.24, 2.45) is 5.92 Å². The molecule has 0 aromatic heterocycles. The van der Waals surface area contributed by atoms with E-state index in [9.17, 15) is 26.4 Å². The smallest absolute Gasteiger partial charge is 0.406 e. The Balaban J connectivity index is 1.61. The molecule has 1 fully saturated rings. The monoisotopic (exact) mass is 418 g/mol. The van der Waals surface area contributed by atoms with Crippen molar-refractivity contribution >= 4 is 15.9 Å². The molecule has 1 aromatic rings. The van der Waals surface area contributed by atoms with E-state index in [1.165, 1.54) is 4.31 Å². The summed E-state index contributed by atoms with van der Waals surface area (Å²) in [4.78, 5) is 14.1. The summed E-state index contributed by atoms with van der Waals surface area (Å²) >= 11 is 0. The van der Waals surface area contributed by atoms with Crippen LogP contribution >= 0.6 is 0 Å². The van der Waals surface area contributed by atoms with Crippen molar-refractivity contribution in [3.8, 4) is 5.75 Å². The van der Waals surface area contributed by atoms with Crippen molar-refractivity contribution in [1.29, 1.82) is 0 Å². The number of amides is 1. The van der Waals surface area contributed by atoms with E-state index in [1.807, 2.05) is 6.08 Å². The third-order valence-corrected chi connectivity index (χ3v) is 6.78. The minimum Gasteiger partial charge on any atom is -0.406 e. The molecular weight excluding hydrogens is 397 g/mol. The highest BCUT2D eigenvalue weighted by atomic mass is 32.2. The molecule has 10 heteroatoms. The average Bonchev–Trinajstić information content (AvgIpc) is 2.67. The maximum absolute atomic E-state index is 12.7. The van der Waals surface area contributed by atoms with Crippen molar-refractivity contribution in [2.75, 3.05) is 26.2 Å². The van der Waals surface area contributed by atoms with Gasteiger partial charge in [-0.3, -0.25) is 4.79 Å². The Morgan fingerprint density at radius 3 is 2.21 bits per heavy atom. The van der Waals surface area contributed by atoms with Crippen LogP contribution in [0.1, 0.15) is 19.3 Å². The van der Waals surface area contributed by atoms with Crippen LogP contribution in [0.2, 0.25) is 0 Å². The van der Waals surface area contributed by atoms with Crippen LogP contribution in [0.3, 0.4) is 0 Å². The van der Waals surface area contributed by atoms with Crippen molar-refractivity contribution in [3.05, 3.63) is 36.4 Å². The topological polar surface area (TPSA) is 66.9 Å². The largest absolute Gasteiger partial charge is 0.573 e. The lowest BCUT2D eigenvalue weighted by Crippen LogP contribution is -2.51. The van der Waals surface area contributed by atoms with E-state index < -0.39 is 22.1 Å². The molecule has 28 heavy (non-hydrogen) atoms. The summed E-state index contributed by atoms with van der Waals surface area (Å²) in [5.74, 6) is -0.479. The van der Waals surface area contributed by atoms with Crippen molar-refractivity contribution in [2.45, 2.75) is 30.5 Å². The van der Waals surface area contributed by atoms with Gasteiger partial charge in [-0.2, -0.15) is 4.31 Å². The fourth-order valence-corrected chi connectivity index (χ4v) is 4.81. The quantitative estimate of drug-likeness (QED) is 0.706. The Morgan fingerprint density at radius 1 is 1.04 bits per heavy atom. The summed E-state index contributed by atoms with van der Waals surface area (Å²) < 4.78 is 67.1. The number of rotatable bonds is 4. The Labute approximate surface area is 161 Å². The van der Waals surface area contributed by atoms with Gasteiger partial charge >= 0.3 is 6.36 Å². The number of benzene rings is 1. The zero-order valence-electron chi connectivity index (χ0n) is 15.1. The van der Waals surface area contributed by atoms with Gasteiger partial charge in [0.25, 0.3) is 0 Å². The molecule has 6 nitrogen and oxygen atoms in total. The first-order valence-corrected chi connectivity index (χ1v) is 10.4. The van der Waals surface area contributed by atoms with Gasteiger partial charge in [0.1, 0.15) is 5.75 Å². The van der Waals surface area contributed by atoms with Crippen LogP contribution in [0.25, 0.3) is 0 Å². The molecule has 1 aromatic carbocycles. The molecular formula is C18H21F3N2O4S. The van der Waals surface area contributed by atoms with Crippen LogP contribution in [0.15, 0.2) is 41.3 Å². The van der Waals surface area contributed by atoms with Gasteiger partial charge in [-0.05, 0) is 43.5 Å². The second-order valence-corrected chi connectivity index (χ2v) is 8.67. The molecule has 1 aliphatic carbocycles.